The largest absolute Gasteiger partial charge is 0.478 e. The van der Waals surface area contributed by atoms with Crippen LogP contribution in [0.3, 0.4) is 0 Å². The molecule has 2 aromatic rings. The topological polar surface area (TPSA) is 79.0 Å². The van der Waals surface area contributed by atoms with Crippen LogP contribution in [-0.4, -0.2) is 59.8 Å². The van der Waals surface area contributed by atoms with Gasteiger partial charge in [-0.15, -0.1) is 11.3 Å². The van der Waals surface area contributed by atoms with Crippen molar-refractivity contribution in [2.45, 2.75) is 12.5 Å². The minimum Gasteiger partial charge on any atom is -0.478 e. The lowest BCUT2D eigenvalue weighted by Gasteiger charge is -2.35. The second kappa shape index (κ2) is 7.40. The van der Waals surface area contributed by atoms with Gasteiger partial charge in [0.05, 0.1) is 17.0 Å². The van der Waals surface area contributed by atoms with Crippen LogP contribution < -0.4 is 10.1 Å². The third-order valence-corrected chi connectivity index (χ3v) is 5.58. The summed E-state index contributed by atoms with van der Waals surface area (Å²) in [5.74, 6) is 0.122. The number of hydrogen-bond donors (Lipinski definition) is 1. The third-order valence-electron chi connectivity index (χ3n) is 4.72. The van der Waals surface area contributed by atoms with Gasteiger partial charge in [-0.1, -0.05) is 18.2 Å². The van der Waals surface area contributed by atoms with E-state index >= 15 is 0 Å². The number of benzene rings is 1. The molecule has 0 spiro atoms. The number of rotatable bonds is 3. The van der Waals surface area contributed by atoms with Crippen LogP contribution in [0.1, 0.15) is 16.1 Å². The minimum absolute atomic E-state index is 0.00342. The van der Waals surface area contributed by atoms with Crippen molar-refractivity contribution >= 4 is 34.7 Å². The number of hydrogen-bond acceptors (Lipinski definition) is 5. The molecule has 0 radical (unpaired) electrons. The van der Waals surface area contributed by atoms with Crippen molar-refractivity contribution in [3.8, 4) is 5.75 Å². The predicted octanol–water partition coefficient (Wildman–Crippen LogP) is 1.82. The lowest BCUT2D eigenvalue weighted by molar-refractivity contribution is -0.138. The Balaban J connectivity index is 1.32. The van der Waals surface area contributed by atoms with Crippen molar-refractivity contribution in [3.05, 3.63) is 46.7 Å². The molecule has 1 N–H and O–H groups in total. The lowest BCUT2D eigenvalue weighted by atomic mass is 10.1. The molecular weight excluding hydrogens is 366 g/mol. The number of carbonyl (C=O) groups excluding carboxylic acids is 3. The summed E-state index contributed by atoms with van der Waals surface area (Å²) in [6, 6.07) is 10.8. The van der Waals surface area contributed by atoms with E-state index in [0.29, 0.717) is 42.5 Å². The number of nitrogens with one attached hydrogen (secondary N) is 1. The number of anilines is 1. The molecule has 1 saturated heterocycles. The summed E-state index contributed by atoms with van der Waals surface area (Å²) < 4.78 is 5.69. The zero-order valence-corrected chi connectivity index (χ0v) is 15.4. The van der Waals surface area contributed by atoms with Crippen LogP contribution >= 0.6 is 11.3 Å². The Hall–Kier alpha value is -2.87. The Kier molecular flexibility index (Phi) is 4.81. The van der Waals surface area contributed by atoms with E-state index in [1.165, 1.54) is 11.3 Å². The molecule has 2 aliphatic heterocycles. The normalized spacial score (nSPS) is 19.1. The highest BCUT2D eigenvalue weighted by Gasteiger charge is 2.32. The minimum atomic E-state index is -0.835. The number of para-hydroxylation sites is 2. The van der Waals surface area contributed by atoms with E-state index in [1.54, 1.807) is 28.0 Å². The summed E-state index contributed by atoms with van der Waals surface area (Å²) in [6.45, 7) is 1.90. The molecule has 3 amide bonds. The van der Waals surface area contributed by atoms with Crippen molar-refractivity contribution in [2.75, 3.05) is 31.5 Å². The molecular formula is C19H19N3O4S. The highest BCUT2D eigenvalue weighted by atomic mass is 32.1. The van der Waals surface area contributed by atoms with Crippen LogP contribution in [0.5, 0.6) is 5.75 Å². The number of fused-ring (bicyclic) bond motifs is 1. The number of nitrogens with zero attached hydrogens (tertiary/aromatic N) is 2. The molecule has 7 nitrogen and oxygen atoms in total. The van der Waals surface area contributed by atoms with Gasteiger partial charge in [0.25, 0.3) is 11.8 Å². The molecule has 1 fully saturated rings. The first-order chi connectivity index (χ1) is 13.1. The van der Waals surface area contributed by atoms with Crippen LogP contribution in [0, 0.1) is 0 Å². The first-order valence-corrected chi connectivity index (χ1v) is 9.67. The lowest BCUT2D eigenvalue weighted by Crippen LogP contribution is -2.52. The van der Waals surface area contributed by atoms with Gasteiger partial charge in [0.15, 0.2) is 6.10 Å². The SMILES string of the molecule is O=C1Nc2ccccc2O[C@@H]1CC(=O)N1CCN(C(=O)c2cccs2)CC1. The molecule has 3 heterocycles. The molecule has 0 saturated carbocycles. The van der Waals surface area contributed by atoms with Gasteiger partial charge in [-0.3, -0.25) is 14.4 Å². The standard InChI is InChI=1S/C19H19N3O4S/c23-17(12-15-18(24)20-13-4-1-2-5-14(13)26-15)21-7-9-22(10-8-21)19(25)16-6-3-11-27-16/h1-6,11,15H,7-10,12H2,(H,20,24)/t15-/m1/s1. The van der Waals surface area contributed by atoms with Crippen LogP contribution in [0.15, 0.2) is 41.8 Å². The molecule has 27 heavy (non-hydrogen) atoms. The molecule has 140 valence electrons. The average Bonchev–Trinajstić information content (AvgIpc) is 3.23. The van der Waals surface area contributed by atoms with Crippen molar-refractivity contribution in [1.29, 1.82) is 0 Å². The van der Waals surface area contributed by atoms with Gasteiger partial charge in [0.2, 0.25) is 5.91 Å². The molecule has 0 bridgehead atoms. The number of thiophene rings is 1. The van der Waals surface area contributed by atoms with Crippen molar-refractivity contribution in [1.82, 2.24) is 9.80 Å². The van der Waals surface area contributed by atoms with Gasteiger partial charge in [-0.25, -0.2) is 0 Å². The molecule has 1 aromatic heterocycles. The van der Waals surface area contributed by atoms with Gasteiger partial charge < -0.3 is 19.9 Å². The number of ether oxygens (including phenoxy) is 1. The average molecular weight is 385 g/mol. The van der Waals surface area contributed by atoms with E-state index in [4.69, 9.17) is 4.74 Å². The van der Waals surface area contributed by atoms with E-state index in [1.807, 2.05) is 23.6 Å². The van der Waals surface area contributed by atoms with Gasteiger partial charge in [0.1, 0.15) is 5.75 Å². The second-order valence-corrected chi connectivity index (χ2v) is 7.39. The highest BCUT2D eigenvalue weighted by Crippen LogP contribution is 2.29. The van der Waals surface area contributed by atoms with Gasteiger partial charge in [0, 0.05) is 26.2 Å². The van der Waals surface area contributed by atoms with Gasteiger partial charge >= 0.3 is 0 Å². The van der Waals surface area contributed by atoms with E-state index < -0.39 is 6.10 Å². The van der Waals surface area contributed by atoms with E-state index in [9.17, 15) is 14.4 Å². The van der Waals surface area contributed by atoms with Crippen LogP contribution in [-0.2, 0) is 9.59 Å². The van der Waals surface area contributed by atoms with Crippen LogP contribution in [0.25, 0.3) is 0 Å². The van der Waals surface area contributed by atoms with Crippen molar-refractivity contribution in [3.63, 3.8) is 0 Å². The fourth-order valence-electron chi connectivity index (χ4n) is 3.23. The number of carbonyl (C=O) groups is 3. The van der Waals surface area contributed by atoms with Crippen molar-refractivity contribution < 1.29 is 19.1 Å². The van der Waals surface area contributed by atoms with Gasteiger partial charge in [-0.2, -0.15) is 0 Å². The smallest absolute Gasteiger partial charge is 0.266 e. The number of amides is 3. The first kappa shape index (κ1) is 17.5. The molecule has 1 atom stereocenters. The predicted molar refractivity (Wildman–Crippen MR) is 101 cm³/mol. The zero-order chi connectivity index (χ0) is 18.8. The summed E-state index contributed by atoms with van der Waals surface area (Å²) in [6.07, 6.45) is -0.850. The summed E-state index contributed by atoms with van der Waals surface area (Å²) in [5, 5.41) is 4.64. The molecule has 0 aliphatic carbocycles. The maximum atomic E-state index is 12.6. The Morgan fingerprint density at radius 1 is 1.07 bits per heavy atom. The van der Waals surface area contributed by atoms with E-state index in [-0.39, 0.29) is 24.1 Å². The summed E-state index contributed by atoms with van der Waals surface area (Å²) >= 11 is 1.42. The second-order valence-electron chi connectivity index (χ2n) is 6.45. The molecule has 8 heteroatoms. The third kappa shape index (κ3) is 3.66. The fraction of sp³-hybridized carbons (Fsp3) is 0.316. The fourth-order valence-corrected chi connectivity index (χ4v) is 3.92. The number of piperazine rings is 1. The quantitative estimate of drug-likeness (QED) is 0.874. The highest BCUT2D eigenvalue weighted by molar-refractivity contribution is 7.12. The first-order valence-electron chi connectivity index (χ1n) is 8.79. The maximum absolute atomic E-state index is 12.6. The van der Waals surface area contributed by atoms with Crippen LogP contribution in [0.4, 0.5) is 5.69 Å². The molecule has 2 aliphatic rings. The molecule has 0 unspecified atom stereocenters. The summed E-state index contributed by atoms with van der Waals surface area (Å²) in [4.78, 5) is 41.3. The van der Waals surface area contributed by atoms with E-state index in [0.717, 1.165) is 0 Å². The Labute approximate surface area is 160 Å². The maximum Gasteiger partial charge on any atom is 0.266 e. The van der Waals surface area contributed by atoms with Crippen molar-refractivity contribution in [2.24, 2.45) is 0 Å². The zero-order valence-electron chi connectivity index (χ0n) is 14.6. The Morgan fingerprint density at radius 2 is 1.81 bits per heavy atom. The van der Waals surface area contributed by atoms with E-state index in [2.05, 4.69) is 5.32 Å². The molecule has 1 aromatic carbocycles. The monoisotopic (exact) mass is 385 g/mol. The molecule has 4 rings (SSSR count). The summed E-state index contributed by atoms with van der Waals surface area (Å²) in [5.41, 5.74) is 0.618. The Bertz CT molecular complexity index is 860. The van der Waals surface area contributed by atoms with Gasteiger partial charge in [-0.05, 0) is 23.6 Å². The van der Waals surface area contributed by atoms with Crippen LogP contribution in [0.2, 0.25) is 0 Å². The summed E-state index contributed by atoms with van der Waals surface area (Å²) in [7, 11) is 0. The Morgan fingerprint density at radius 3 is 2.56 bits per heavy atom.